The van der Waals surface area contributed by atoms with E-state index in [0.717, 1.165) is 11.1 Å². The van der Waals surface area contributed by atoms with Gasteiger partial charge in [-0.1, -0.05) is 60.7 Å². The zero-order valence-corrected chi connectivity index (χ0v) is 12.9. The number of carboxylic acid groups (broad SMARTS) is 1. The first-order valence-corrected chi connectivity index (χ1v) is 7.75. The molecule has 0 aromatic heterocycles. The van der Waals surface area contributed by atoms with E-state index >= 15 is 0 Å². The van der Waals surface area contributed by atoms with Crippen LogP contribution in [0.25, 0.3) is 0 Å². The van der Waals surface area contributed by atoms with Crippen LogP contribution in [0, 0.1) is 0 Å². The molecular formula is C19H21NO3. The predicted molar refractivity (Wildman–Crippen MR) is 89.1 cm³/mol. The largest absolute Gasteiger partial charge is 0.480 e. The highest BCUT2D eigenvalue weighted by atomic mass is 16.4. The molecule has 0 saturated heterocycles. The van der Waals surface area contributed by atoms with Crippen molar-refractivity contribution in [2.75, 3.05) is 0 Å². The van der Waals surface area contributed by atoms with Crippen molar-refractivity contribution in [2.24, 2.45) is 0 Å². The molecule has 0 fully saturated rings. The Hall–Kier alpha value is -2.62. The van der Waals surface area contributed by atoms with E-state index in [1.165, 1.54) is 0 Å². The molecular weight excluding hydrogens is 290 g/mol. The SMILES string of the molecule is O=C(CCc1ccccc1)NC(CCc1ccccc1)C(=O)O. The summed E-state index contributed by atoms with van der Waals surface area (Å²) >= 11 is 0. The zero-order valence-electron chi connectivity index (χ0n) is 12.9. The van der Waals surface area contributed by atoms with Gasteiger partial charge in [0.05, 0.1) is 0 Å². The molecule has 0 heterocycles. The molecule has 23 heavy (non-hydrogen) atoms. The van der Waals surface area contributed by atoms with E-state index in [9.17, 15) is 14.7 Å². The van der Waals surface area contributed by atoms with Gasteiger partial charge in [-0.2, -0.15) is 0 Å². The van der Waals surface area contributed by atoms with Crippen LogP contribution < -0.4 is 5.32 Å². The van der Waals surface area contributed by atoms with Crippen molar-refractivity contribution >= 4 is 11.9 Å². The van der Waals surface area contributed by atoms with Gasteiger partial charge in [0, 0.05) is 6.42 Å². The summed E-state index contributed by atoms with van der Waals surface area (Å²) in [6, 6.07) is 18.5. The minimum absolute atomic E-state index is 0.227. The van der Waals surface area contributed by atoms with Gasteiger partial charge in [0.1, 0.15) is 6.04 Å². The molecule has 2 aromatic carbocycles. The lowest BCUT2D eigenvalue weighted by molar-refractivity contribution is -0.142. The number of carboxylic acids is 1. The number of rotatable bonds is 8. The average molecular weight is 311 g/mol. The first-order chi connectivity index (χ1) is 11.1. The molecule has 2 N–H and O–H groups in total. The van der Waals surface area contributed by atoms with Crippen LogP contribution in [0.2, 0.25) is 0 Å². The summed E-state index contributed by atoms with van der Waals surface area (Å²) in [4.78, 5) is 23.3. The Bertz CT molecular complexity index is 626. The second-order valence-electron chi connectivity index (χ2n) is 5.47. The van der Waals surface area contributed by atoms with E-state index in [1.807, 2.05) is 60.7 Å². The maximum atomic E-state index is 12.0. The highest BCUT2D eigenvalue weighted by Crippen LogP contribution is 2.07. The van der Waals surface area contributed by atoms with E-state index in [-0.39, 0.29) is 5.91 Å². The first kappa shape index (κ1) is 16.7. The van der Waals surface area contributed by atoms with E-state index in [2.05, 4.69) is 5.32 Å². The average Bonchev–Trinajstić information content (AvgIpc) is 2.58. The van der Waals surface area contributed by atoms with Crippen LogP contribution in [0.15, 0.2) is 60.7 Å². The van der Waals surface area contributed by atoms with Crippen molar-refractivity contribution < 1.29 is 14.7 Å². The third-order valence-corrected chi connectivity index (χ3v) is 3.68. The summed E-state index contributed by atoms with van der Waals surface area (Å²) < 4.78 is 0. The van der Waals surface area contributed by atoms with Gasteiger partial charge < -0.3 is 10.4 Å². The number of carbonyl (C=O) groups excluding carboxylic acids is 1. The van der Waals surface area contributed by atoms with Gasteiger partial charge in [-0.15, -0.1) is 0 Å². The molecule has 2 rings (SSSR count). The number of aryl methyl sites for hydroxylation is 2. The van der Waals surface area contributed by atoms with Crippen LogP contribution in [-0.2, 0) is 22.4 Å². The molecule has 4 heteroatoms. The smallest absolute Gasteiger partial charge is 0.326 e. The maximum Gasteiger partial charge on any atom is 0.326 e. The second-order valence-corrected chi connectivity index (χ2v) is 5.47. The molecule has 1 unspecified atom stereocenters. The van der Waals surface area contributed by atoms with Crippen molar-refractivity contribution in [3.8, 4) is 0 Å². The van der Waals surface area contributed by atoms with E-state index in [1.54, 1.807) is 0 Å². The van der Waals surface area contributed by atoms with Gasteiger partial charge in [0.2, 0.25) is 5.91 Å². The van der Waals surface area contributed by atoms with Gasteiger partial charge >= 0.3 is 5.97 Å². The van der Waals surface area contributed by atoms with Crippen molar-refractivity contribution in [3.63, 3.8) is 0 Å². The Morgan fingerprint density at radius 1 is 0.870 bits per heavy atom. The molecule has 1 atom stereocenters. The maximum absolute atomic E-state index is 12.0. The fourth-order valence-corrected chi connectivity index (χ4v) is 2.38. The summed E-state index contributed by atoms with van der Waals surface area (Å²) in [5.74, 6) is -1.22. The number of nitrogens with one attached hydrogen (secondary N) is 1. The number of hydrogen-bond donors (Lipinski definition) is 2. The number of amides is 1. The molecule has 0 aliphatic carbocycles. The van der Waals surface area contributed by atoms with Gasteiger partial charge in [-0.05, 0) is 30.4 Å². The fraction of sp³-hybridized carbons (Fsp3) is 0.263. The highest BCUT2D eigenvalue weighted by molar-refractivity contribution is 5.83. The standard InChI is InChI=1S/C19H21NO3/c21-18(14-12-16-9-5-2-6-10-16)20-17(19(22)23)13-11-15-7-3-1-4-8-15/h1-10,17H,11-14H2,(H,20,21)(H,22,23). The summed E-state index contributed by atoms with van der Waals surface area (Å²) in [6.07, 6.45) is 1.91. The molecule has 1 amide bonds. The Morgan fingerprint density at radius 2 is 1.39 bits per heavy atom. The van der Waals surface area contributed by atoms with Crippen LogP contribution in [0.4, 0.5) is 0 Å². The van der Waals surface area contributed by atoms with Crippen LogP contribution in [0.5, 0.6) is 0 Å². The third-order valence-electron chi connectivity index (χ3n) is 3.68. The molecule has 0 aliphatic heterocycles. The molecule has 4 nitrogen and oxygen atoms in total. The van der Waals surface area contributed by atoms with Crippen LogP contribution >= 0.6 is 0 Å². The lowest BCUT2D eigenvalue weighted by Crippen LogP contribution is -2.41. The van der Waals surface area contributed by atoms with Crippen LogP contribution in [0.3, 0.4) is 0 Å². The Kier molecular flexibility index (Phi) is 6.36. The molecule has 0 radical (unpaired) electrons. The minimum Gasteiger partial charge on any atom is -0.480 e. The van der Waals surface area contributed by atoms with Gasteiger partial charge in [0.25, 0.3) is 0 Å². The van der Waals surface area contributed by atoms with Crippen LogP contribution in [-0.4, -0.2) is 23.0 Å². The van der Waals surface area contributed by atoms with E-state index < -0.39 is 12.0 Å². The van der Waals surface area contributed by atoms with E-state index in [0.29, 0.717) is 25.7 Å². The minimum atomic E-state index is -0.992. The molecule has 120 valence electrons. The van der Waals surface area contributed by atoms with Crippen molar-refractivity contribution in [3.05, 3.63) is 71.8 Å². The van der Waals surface area contributed by atoms with Gasteiger partial charge in [-0.25, -0.2) is 4.79 Å². The summed E-state index contributed by atoms with van der Waals surface area (Å²) in [7, 11) is 0. The number of aliphatic carboxylic acids is 1. The quantitative estimate of drug-likeness (QED) is 0.788. The second kappa shape index (κ2) is 8.73. The molecule has 0 aliphatic rings. The summed E-state index contributed by atoms with van der Waals surface area (Å²) in [5.41, 5.74) is 2.14. The Labute approximate surface area is 136 Å². The fourth-order valence-electron chi connectivity index (χ4n) is 2.38. The van der Waals surface area contributed by atoms with Gasteiger partial charge in [0.15, 0.2) is 0 Å². The third kappa shape index (κ3) is 5.94. The summed E-state index contributed by atoms with van der Waals surface area (Å²) in [6.45, 7) is 0. The van der Waals surface area contributed by atoms with E-state index in [4.69, 9.17) is 0 Å². The first-order valence-electron chi connectivity index (χ1n) is 7.75. The molecule has 2 aromatic rings. The van der Waals surface area contributed by atoms with Crippen molar-refractivity contribution in [2.45, 2.75) is 31.7 Å². The topological polar surface area (TPSA) is 66.4 Å². The van der Waals surface area contributed by atoms with Crippen molar-refractivity contribution in [1.82, 2.24) is 5.32 Å². The molecule has 0 saturated carbocycles. The number of benzene rings is 2. The highest BCUT2D eigenvalue weighted by Gasteiger charge is 2.19. The lowest BCUT2D eigenvalue weighted by Gasteiger charge is -2.14. The molecule has 0 bridgehead atoms. The number of hydrogen-bond acceptors (Lipinski definition) is 2. The molecule has 0 spiro atoms. The Morgan fingerprint density at radius 3 is 1.91 bits per heavy atom. The van der Waals surface area contributed by atoms with Crippen LogP contribution in [0.1, 0.15) is 24.0 Å². The van der Waals surface area contributed by atoms with Crippen molar-refractivity contribution in [1.29, 1.82) is 0 Å². The predicted octanol–water partition coefficient (Wildman–Crippen LogP) is 2.82. The Balaban J connectivity index is 1.81. The normalized spacial score (nSPS) is 11.7. The lowest BCUT2D eigenvalue weighted by atomic mass is 10.0. The monoisotopic (exact) mass is 311 g/mol. The number of carbonyl (C=O) groups is 2. The van der Waals surface area contributed by atoms with Gasteiger partial charge in [-0.3, -0.25) is 4.79 Å². The zero-order chi connectivity index (χ0) is 16.5. The summed E-state index contributed by atoms with van der Waals surface area (Å²) in [5, 5.41) is 11.9.